The quantitative estimate of drug-likeness (QED) is 0.765. The minimum atomic E-state index is -0.445. The van der Waals surface area contributed by atoms with Crippen molar-refractivity contribution in [3.05, 3.63) is 68.8 Å². The lowest BCUT2D eigenvalue weighted by molar-refractivity contribution is 0.0952. The lowest BCUT2D eigenvalue weighted by Crippen LogP contribution is -2.25. The van der Waals surface area contributed by atoms with Crippen LogP contribution in [0, 0.1) is 3.57 Å². The molecule has 2 rings (SSSR count). The van der Waals surface area contributed by atoms with Crippen LogP contribution in [-0.4, -0.2) is 18.4 Å². The second-order valence-electron chi connectivity index (χ2n) is 4.58. The molecule has 0 aromatic heterocycles. The fourth-order valence-corrected chi connectivity index (χ4v) is 2.26. The van der Waals surface area contributed by atoms with Gasteiger partial charge in [0.25, 0.3) is 5.91 Å². The predicted octanol–water partition coefficient (Wildman–Crippen LogP) is 2.36. The summed E-state index contributed by atoms with van der Waals surface area (Å²) < 4.78 is 1.09. The molecule has 2 amide bonds. The van der Waals surface area contributed by atoms with Crippen molar-refractivity contribution in [2.45, 2.75) is 6.42 Å². The number of primary amides is 1. The van der Waals surface area contributed by atoms with E-state index in [1.54, 1.807) is 30.3 Å². The maximum absolute atomic E-state index is 11.9. The fourth-order valence-electron chi connectivity index (χ4n) is 1.90. The molecule has 0 atom stereocenters. The van der Waals surface area contributed by atoms with Gasteiger partial charge in [-0.05, 0) is 71.0 Å². The van der Waals surface area contributed by atoms with Crippen molar-refractivity contribution in [3.63, 3.8) is 0 Å². The summed E-state index contributed by atoms with van der Waals surface area (Å²) in [6.07, 6.45) is 0.650. The number of nitrogens with one attached hydrogen (secondary N) is 1. The molecular formula is C16H15IN2O2. The van der Waals surface area contributed by atoms with E-state index in [4.69, 9.17) is 5.73 Å². The van der Waals surface area contributed by atoms with E-state index in [0.29, 0.717) is 24.1 Å². The standard InChI is InChI=1S/C16H15IN2O2/c17-14-6-4-12(5-7-14)16(21)19-9-8-11-2-1-3-13(10-11)15(18)20/h1-7,10H,8-9H2,(H2,18,20)(H,19,21). The Morgan fingerprint density at radius 3 is 2.43 bits per heavy atom. The average Bonchev–Trinajstić information content (AvgIpc) is 2.48. The molecule has 0 heterocycles. The van der Waals surface area contributed by atoms with E-state index in [9.17, 15) is 9.59 Å². The predicted molar refractivity (Wildman–Crippen MR) is 90.2 cm³/mol. The summed E-state index contributed by atoms with van der Waals surface area (Å²) >= 11 is 2.20. The smallest absolute Gasteiger partial charge is 0.251 e. The summed E-state index contributed by atoms with van der Waals surface area (Å²) in [6, 6.07) is 14.5. The first kappa shape index (κ1) is 15.5. The number of hydrogen-bond donors (Lipinski definition) is 2. The number of amides is 2. The molecule has 0 saturated carbocycles. The minimum absolute atomic E-state index is 0.0996. The van der Waals surface area contributed by atoms with Gasteiger partial charge in [0.1, 0.15) is 0 Å². The van der Waals surface area contributed by atoms with Crippen molar-refractivity contribution in [2.75, 3.05) is 6.54 Å². The molecule has 0 aliphatic heterocycles. The zero-order chi connectivity index (χ0) is 15.2. The van der Waals surface area contributed by atoms with Crippen LogP contribution in [0.4, 0.5) is 0 Å². The van der Waals surface area contributed by atoms with E-state index in [0.717, 1.165) is 9.13 Å². The molecule has 5 heteroatoms. The van der Waals surface area contributed by atoms with Gasteiger partial charge in [-0.3, -0.25) is 9.59 Å². The molecule has 0 bridgehead atoms. The van der Waals surface area contributed by atoms with E-state index >= 15 is 0 Å². The molecule has 4 nitrogen and oxygen atoms in total. The highest BCUT2D eigenvalue weighted by molar-refractivity contribution is 14.1. The van der Waals surface area contributed by atoms with Gasteiger partial charge >= 0.3 is 0 Å². The Kier molecular flexibility index (Phi) is 5.32. The van der Waals surface area contributed by atoms with Crippen LogP contribution >= 0.6 is 22.6 Å². The van der Waals surface area contributed by atoms with Crippen molar-refractivity contribution < 1.29 is 9.59 Å². The van der Waals surface area contributed by atoms with Gasteiger partial charge < -0.3 is 11.1 Å². The third-order valence-corrected chi connectivity index (χ3v) is 3.74. The SMILES string of the molecule is NC(=O)c1cccc(CCNC(=O)c2ccc(I)cc2)c1. The van der Waals surface area contributed by atoms with Gasteiger partial charge in [0.2, 0.25) is 5.91 Å². The fraction of sp³-hybridized carbons (Fsp3) is 0.125. The minimum Gasteiger partial charge on any atom is -0.366 e. The lowest BCUT2D eigenvalue weighted by atomic mass is 10.1. The molecule has 2 aromatic rings. The normalized spacial score (nSPS) is 10.1. The molecule has 0 radical (unpaired) electrons. The van der Waals surface area contributed by atoms with Gasteiger partial charge in [0.05, 0.1) is 0 Å². The lowest BCUT2D eigenvalue weighted by Gasteiger charge is -2.06. The number of benzene rings is 2. The summed E-state index contributed by atoms with van der Waals surface area (Å²) in [7, 11) is 0. The second kappa shape index (κ2) is 7.21. The molecule has 2 aromatic carbocycles. The summed E-state index contributed by atoms with van der Waals surface area (Å²) in [5.41, 5.74) is 7.33. The highest BCUT2D eigenvalue weighted by Gasteiger charge is 2.05. The first-order valence-electron chi connectivity index (χ1n) is 6.49. The molecule has 0 aliphatic carbocycles. The van der Waals surface area contributed by atoms with E-state index in [1.165, 1.54) is 0 Å². The molecule has 0 fully saturated rings. The second-order valence-corrected chi connectivity index (χ2v) is 5.82. The number of carbonyl (C=O) groups is 2. The molecule has 3 N–H and O–H groups in total. The average molecular weight is 394 g/mol. The van der Waals surface area contributed by atoms with Crippen molar-refractivity contribution in [3.8, 4) is 0 Å². The van der Waals surface area contributed by atoms with E-state index in [1.807, 2.05) is 18.2 Å². The Bertz CT molecular complexity index is 654. The van der Waals surface area contributed by atoms with Crippen molar-refractivity contribution in [1.29, 1.82) is 0 Å². The highest BCUT2D eigenvalue weighted by Crippen LogP contribution is 2.07. The molecule has 0 unspecified atom stereocenters. The summed E-state index contributed by atoms with van der Waals surface area (Å²) in [5.74, 6) is -0.544. The zero-order valence-electron chi connectivity index (χ0n) is 11.3. The topological polar surface area (TPSA) is 72.2 Å². The zero-order valence-corrected chi connectivity index (χ0v) is 13.5. The Morgan fingerprint density at radius 1 is 1.05 bits per heavy atom. The number of nitrogens with two attached hydrogens (primary N) is 1. The third-order valence-electron chi connectivity index (χ3n) is 3.02. The van der Waals surface area contributed by atoms with Crippen molar-refractivity contribution >= 4 is 34.4 Å². The van der Waals surface area contributed by atoms with Crippen LogP contribution in [0.25, 0.3) is 0 Å². The maximum atomic E-state index is 11.9. The number of hydrogen-bond acceptors (Lipinski definition) is 2. The first-order valence-corrected chi connectivity index (χ1v) is 7.56. The van der Waals surface area contributed by atoms with Crippen LogP contribution in [0.1, 0.15) is 26.3 Å². The highest BCUT2D eigenvalue weighted by atomic mass is 127. The van der Waals surface area contributed by atoms with Gasteiger partial charge in [-0.15, -0.1) is 0 Å². The largest absolute Gasteiger partial charge is 0.366 e. The van der Waals surface area contributed by atoms with Gasteiger partial charge in [-0.25, -0.2) is 0 Å². The molecule has 0 saturated heterocycles. The monoisotopic (exact) mass is 394 g/mol. The van der Waals surface area contributed by atoms with Gasteiger partial charge in [0.15, 0.2) is 0 Å². The van der Waals surface area contributed by atoms with Crippen LogP contribution < -0.4 is 11.1 Å². The van der Waals surface area contributed by atoms with Crippen LogP contribution in [0.3, 0.4) is 0 Å². The molecule has 108 valence electrons. The number of halogens is 1. The third kappa shape index (κ3) is 4.56. The maximum Gasteiger partial charge on any atom is 0.251 e. The molecule has 0 aliphatic rings. The Labute approximate surface area is 136 Å². The van der Waals surface area contributed by atoms with Crippen molar-refractivity contribution in [2.24, 2.45) is 5.73 Å². The Hall–Kier alpha value is -1.89. The molecule has 0 spiro atoms. The van der Waals surface area contributed by atoms with Crippen LogP contribution in [0.2, 0.25) is 0 Å². The van der Waals surface area contributed by atoms with Crippen LogP contribution in [0.5, 0.6) is 0 Å². The first-order chi connectivity index (χ1) is 10.1. The van der Waals surface area contributed by atoms with E-state index in [2.05, 4.69) is 27.9 Å². The molecular weight excluding hydrogens is 379 g/mol. The Balaban J connectivity index is 1.89. The van der Waals surface area contributed by atoms with Crippen LogP contribution in [-0.2, 0) is 6.42 Å². The van der Waals surface area contributed by atoms with Crippen molar-refractivity contribution in [1.82, 2.24) is 5.32 Å². The Morgan fingerprint density at radius 2 is 1.76 bits per heavy atom. The summed E-state index contributed by atoms with van der Waals surface area (Å²) in [5, 5.41) is 2.86. The van der Waals surface area contributed by atoms with Gasteiger partial charge in [0, 0.05) is 21.2 Å². The molecule has 21 heavy (non-hydrogen) atoms. The summed E-state index contributed by atoms with van der Waals surface area (Å²) in [4.78, 5) is 23.0. The van der Waals surface area contributed by atoms with E-state index in [-0.39, 0.29) is 5.91 Å². The van der Waals surface area contributed by atoms with Gasteiger partial charge in [-0.1, -0.05) is 12.1 Å². The van der Waals surface area contributed by atoms with E-state index < -0.39 is 5.91 Å². The number of rotatable bonds is 5. The van der Waals surface area contributed by atoms with Gasteiger partial charge in [-0.2, -0.15) is 0 Å². The summed E-state index contributed by atoms with van der Waals surface area (Å²) in [6.45, 7) is 0.507. The van der Waals surface area contributed by atoms with Crippen LogP contribution in [0.15, 0.2) is 48.5 Å². The number of carbonyl (C=O) groups excluding carboxylic acids is 2.